The monoisotopic (exact) mass is 256 g/mol. The summed E-state index contributed by atoms with van der Waals surface area (Å²) < 4.78 is 0. The summed E-state index contributed by atoms with van der Waals surface area (Å²) in [6.45, 7) is 5.55. The van der Waals surface area contributed by atoms with Crippen molar-refractivity contribution in [2.45, 2.75) is 20.3 Å². The fourth-order valence-electron chi connectivity index (χ4n) is 2.00. The third-order valence-corrected chi connectivity index (χ3v) is 2.99. The minimum absolute atomic E-state index is 0.689. The van der Waals surface area contributed by atoms with Crippen LogP contribution in [0.3, 0.4) is 0 Å². The summed E-state index contributed by atoms with van der Waals surface area (Å²) in [5.41, 5.74) is 9.51. The molecule has 1 aromatic heterocycles. The van der Waals surface area contributed by atoms with Gasteiger partial charge in [-0.05, 0) is 26.8 Å². The minimum Gasteiger partial charge on any atom is -0.382 e. The minimum atomic E-state index is 0.689. The lowest BCUT2D eigenvalue weighted by atomic mass is 10.2. The van der Waals surface area contributed by atoms with Gasteiger partial charge in [0, 0.05) is 12.1 Å². The number of anilines is 1. The van der Waals surface area contributed by atoms with E-state index in [2.05, 4.69) is 15.3 Å². The third-order valence-electron chi connectivity index (χ3n) is 2.99. The fourth-order valence-corrected chi connectivity index (χ4v) is 2.00. The molecule has 0 radical (unpaired) electrons. The van der Waals surface area contributed by atoms with Crippen molar-refractivity contribution < 1.29 is 0 Å². The van der Waals surface area contributed by atoms with Crippen molar-refractivity contribution in [3.05, 3.63) is 41.7 Å². The van der Waals surface area contributed by atoms with Crippen molar-refractivity contribution in [1.82, 2.24) is 9.97 Å². The van der Waals surface area contributed by atoms with E-state index in [0.29, 0.717) is 6.54 Å². The van der Waals surface area contributed by atoms with Crippen LogP contribution < -0.4 is 11.1 Å². The molecule has 1 heterocycles. The van der Waals surface area contributed by atoms with Crippen LogP contribution in [0.5, 0.6) is 0 Å². The number of aryl methyl sites for hydroxylation is 2. The Labute approximate surface area is 114 Å². The number of hydrogen-bond donors (Lipinski definition) is 2. The average Bonchev–Trinajstić information content (AvgIpc) is 2.43. The van der Waals surface area contributed by atoms with Gasteiger partial charge in [-0.1, -0.05) is 30.3 Å². The molecule has 4 heteroatoms. The Bertz CT molecular complexity index is 514. The van der Waals surface area contributed by atoms with Gasteiger partial charge < -0.3 is 11.1 Å². The zero-order chi connectivity index (χ0) is 13.7. The van der Waals surface area contributed by atoms with Gasteiger partial charge >= 0.3 is 0 Å². The first-order valence-electron chi connectivity index (χ1n) is 6.57. The first-order valence-corrected chi connectivity index (χ1v) is 6.57. The first-order chi connectivity index (χ1) is 9.22. The molecule has 0 saturated heterocycles. The molecule has 19 heavy (non-hydrogen) atoms. The Morgan fingerprint density at radius 1 is 1.05 bits per heavy atom. The van der Waals surface area contributed by atoms with Crippen LogP contribution in [0.2, 0.25) is 0 Å². The summed E-state index contributed by atoms with van der Waals surface area (Å²) in [6, 6.07) is 10.0. The smallest absolute Gasteiger partial charge is 0.159 e. The van der Waals surface area contributed by atoms with Crippen LogP contribution >= 0.6 is 0 Å². The number of nitrogens with two attached hydrogens (primary N) is 1. The molecule has 0 aliphatic carbocycles. The quantitative estimate of drug-likeness (QED) is 0.807. The number of aromatic nitrogens is 2. The van der Waals surface area contributed by atoms with E-state index >= 15 is 0 Å². The van der Waals surface area contributed by atoms with Crippen molar-refractivity contribution in [3.8, 4) is 11.4 Å². The van der Waals surface area contributed by atoms with E-state index in [1.807, 2.05) is 44.2 Å². The third kappa shape index (κ3) is 3.29. The standard InChI is InChI=1S/C15H20N4/c1-11-14(17-10-6-9-16)12(2)19-15(18-11)13-7-4-3-5-8-13/h3-5,7-8,17H,6,9-10,16H2,1-2H3. The SMILES string of the molecule is Cc1nc(-c2ccccc2)nc(C)c1NCCCN. The van der Waals surface area contributed by atoms with Crippen LogP contribution in [0.4, 0.5) is 5.69 Å². The molecule has 0 saturated carbocycles. The van der Waals surface area contributed by atoms with E-state index in [0.717, 1.165) is 41.4 Å². The van der Waals surface area contributed by atoms with Crippen LogP contribution in [-0.2, 0) is 0 Å². The Morgan fingerprint density at radius 2 is 1.68 bits per heavy atom. The van der Waals surface area contributed by atoms with Crippen LogP contribution in [0, 0.1) is 13.8 Å². The van der Waals surface area contributed by atoms with Gasteiger partial charge in [0.25, 0.3) is 0 Å². The molecular formula is C15H20N4. The lowest BCUT2D eigenvalue weighted by Crippen LogP contribution is -2.11. The predicted molar refractivity (Wildman–Crippen MR) is 79.1 cm³/mol. The van der Waals surface area contributed by atoms with Crippen molar-refractivity contribution in [2.75, 3.05) is 18.4 Å². The van der Waals surface area contributed by atoms with E-state index in [4.69, 9.17) is 5.73 Å². The fraction of sp³-hybridized carbons (Fsp3) is 0.333. The number of benzene rings is 1. The van der Waals surface area contributed by atoms with E-state index in [9.17, 15) is 0 Å². The van der Waals surface area contributed by atoms with Gasteiger partial charge in [0.2, 0.25) is 0 Å². The van der Waals surface area contributed by atoms with Crippen LogP contribution in [0.25, 0.3) is 11.4 Å². The van der Waals surface area contributed by atoms with Gasteiger partial charge in [0.05, 0.1) is 17.1 Å². The van der Waals surface area contributed by atoms with Gasteiger partial charge in [0.15, 0.2) is 5.82 Å². The molecule has 0 fully saturated rings. The van der Waals surface area contributed by atoms with Gasteiger partial charge in [0.1, 0.15) is 0 Å². The number of hydrogen-bond acceptors (Lipinski definition) is 4. The highest BCUT2D eigenvalue weighted by Gasteiger charge is 2.09. The maximum absolute atomic E-state index is 5.50. The molecule has 0 amide bonds. The second-order valence-corrected chi connectivity index (χ2v) is 4.53. The number of nitrogens with one attached hydrogen (secondary N) is 1. The molecule has 0 unspecified atom stereocenters. The molecule has 3 N–H and O–H groups in total. The maximum Gasteiger partial charge on any atom is 0.159 e. The highest BCUT2D eigenvalue weighted by atomic mass is 15.0. The van der Waals surface area contributed by atoms with Gasteiger partial charge in [-0.3, -0.25) is 0 Å². The summed E-state index contributed by atoms with van der Waals surface area (Å²) >= 11 is 0. The second kappa shape index (κ2) is 6.29. The van der Waals surface area contributed by atoms with Crippen LogP contribution in [0.1, 0.15) is 17.8 Å². The zero-order valence-corrected chi connectivity index (χ0v) is 11.5. The van der Waals surface area contributed by atoms with E-state index in [1.165, 1.54) is 0 Å². The highest BCUT2D eigenvalue weighted by Crippen LogP contribution is 2.21. The second-order valence-electron chi connectivity index (χ2n) is 4.53. The number of nitrogens with zero attached hydrogens (tertiary/aromatic N) is 2. The largest absolute Gasteiger partial charge is 0.382 e. The van der Waals surface area contributed by atoms with E-state index < -0.39 is 0 Å². The molecule has 0 aliphatic rings. The van der Waals surface area contributed by atoms with Gasteiger partial charge in [-0.15, -0.1) is 0 Å². The lowest BCUT2D eigenvalue weighted by molar-refractivity contribution is 0.868. The van der Waals surface area contributed by atoms with Gasteiger partial charge in [-0.2, -0.15) is 0 Å². The molecule has 4 nitrogen and oxygen atoms in total. The van der Waals surface area contributed by atoms with Crippen molar-refractivity contribution >= 4 is 5.69 Å². The number of rotatable bonds is 5. The lowest BCUT2D eigenvalue weighted by Gasteiger charge is -2.12. The van der Waals surface area contributed by atoms with Crippen molar-refractivity contribution in [2.24, 2.45) is 5.73 Å². The topological polar surface area (TPSA) is 63.8 Å². The van der Waals surface area contributed by atoms with Gasteiger partial charge in [-0.25, -0.2) is 9.97 Å². The molecule has 0 atom stereocenters. The van der Waals surface area contributed by atoms with Crippen LogP contribution in [-0.4, -0.2) is 23.1 Å². The molecule has 100 valence electrons. The van der Waals surface area contributed by atoms with E-state index in [1.54, 1.807) is 0 Å². The predicted octanol–water partition coefficient (Wildman–Crippen LogP) is 2.52. The van der Waals surface area contributed by atoms with Crippen molar-refractivity contribution in [3.63, 3.8) is 0 Å². The Hall–Kier alpha value is -1.94. The average molecular weight is 256 g/mol. The zero-order valence-electron chi connectivity index (χ0n) is 11.5. The molecule has 2 rings (SSSR count). The van der Waals surface area contributed by atoms with E-state index in [-0.39, 0.29) is 0 Å². The summed E-state index contributed by atoms with van der Waals surface area (Å²) in [5, 5.41) is 3.36. The Morgan fingerprint density at radius 3 is 2.26 bits per heavy atom. The molecule has 0 spiro atoms. The summed E-state index contributed by atoms with van der Waals surface area (Å²) in [4.78, 5) is 9.16. The highest BCUT2D eigenvalue weighted by molar-refractivity contribution is 5.60. The summed E-state index contributed by atoms with van der Waals surface area (Å²) in [7, 11) is 0. The van der Waals surface area contributed by atoms with Crippen molar-refractivity contribution in [1.29, 1.82) is 0 Å². The first kappa shape index (κ1) is 13.5. The normalized spacial score (nSPS) is 10.5. The maximum atomic E-state index is 5.50. The molecule has 0 bridgehead atoms. The Balaban J connectivity index is 2.26. The summed E-state index contributed by atoms with van der Waals surface area (Å²) in [5.74, 6) is 0.778. The van der Waals surface area contributed by atoms with Crippen LogP contribution in [0.15, 0.2) is 30.3 Å². The molecule has 2 aromatic rings. The summed E-state index contributed by atoms with van der Waals surface area (Å²) in [6.07, 6.45) is 0.944. The Kier molecular flexibility index (Phi) is 4.47. The molecule has 1 aromatic carbocycles. The molecular weight excluding hydrogens is 236 g/mol. The molecule has 0 aliphatic heterocycles.